The second-order valence-corrected chi connectivity index (χ2v) is 10.4. The lowest BCUT2D eigenvalue weighted by molar-refractivity contribution is -0.116. The number of benzene rings is 3. The molecule has 35 heavy (non-hydrogen) atoms. The molecule has 2 amide bonds. The minimum Gasteiger partial charge on any atom is -0.345 e. The smallest absolute Gasteiger partial charge is 0.253 e. The predicted octanol–water partition coefficient (Wildman–Crippen LogP) is 3.97. The number of hydrogen-bond acceptors (Lipinski definition) is 4. The molecule has 1 N–H and O–H groups in total. The first-order chi connectivity index (χ1) is 16.5. The van der Waals surface area contributed by atoms with Crippen molar-refractivity contribution in [2.24, 2.45) is 0 Å². The summed E-state index contributed by atoms with van der Waals surface area (Å²) < 4.78 is 41.6. The number of carbonyl (C=O) groups excluding carboxylic acids is 2. The lowest BCUT2D eigenvalue weighted by Gasteiger charge is -2.23. The molecule has 0 bridgehead atoms. The van der Waals surface area contributed by atoms with Crippen LogP contribution in [-0.2, 0) is 21.4 Å². The molecule has 3 aromatic rings. The number of anilines is 1. The van der Waals surface area contributed by atoms with Gasteiger partial charge in [0.1, 0.15) is 5.82 Å². The van der Waals surface area contributed by atoms with Crippen molar-refractivity contribution >= 4 is 27.5 Å². The molecule has 0 unspecified atom stereocenters. The summed E-state index contributed by atoms with van der Waals surface area (Å²) in [6.45, 7) is 2.92. The first-order valence-electron chi connectivity index (χ1n) is 10.9. The summed E-state index contributed by atoms with van der Waals surface area (Å²) in [5.74, 6) is -1.16. The van der Waals surface area contributed by atoms with Gasteiger partial charge in [0.15, 0.2) is 0 Å². The molecule has 0 aromatic heterocycles. The van der Waals surface area contributed by atoms with Crippen LogP contribution in [0.25, 0.3) is 0 Å². The van der Waals surface area contributed by atoms with Gasteiger partial charge in [0.25, 0.3) is 5.91 Å². The van der Waals surface area contributed by atoms with Crippen LogP contribution in [0.5, 0.6) is 0 Å². The number of hydrogen-bond donors (Lipinski definition) is 1. The number of rotatable bonds is 8. The second-order valence-electron chi connectivity index (χ2n) is 8.49. The number of aryl methyl sites for hydroxylation is 2. The molecule has 7 nitrogen and oxygen atoms in total. The summed E-state index contributed by atoms with van der Waals surface area (Å²) in [7, 11) is -0.763. The maximum absolute atomic E-state index is 13.6. The molecule has 0 saturated carbocycles. The van der Waals surface area contributed by atoms with Gasteiger partial charge in [-0.15, -0.1) is 0 Å². The number of nitrogens with one attached hydrogen (secondary N) is 1. The summed E-state index contributed by atoms with van der Waals surface area (Å²) in [5, 5.41) is 2.68. The van der Waals surface area contributed by atoms with Crippen molar-refractivity contribution in [2.45, 2.75) is 25.3 Å². The van der Waals surface area contributed by atoms with Crippen molar-refractivity contribution in [3.8, 4) is 0 Å². The number of carbonyl (C=O) groups is 2. The fraction of sp³-hybridized carbons (Fsp3) is 0.231. The highest BCUT2D eigenvalue weighted by Gasteiger charge is 2.28. The lowest BCUT2D eigenvalue weighted by atomic mass is 10.2. The monoisotopic (exact) mass is 497 g/mol. The van der Waals surface area contributed by atoms with E-state index < -0.39 is 28.3 Å². The Hall–Kier alpha value is -3.56. The zero-order chi connectivity index (χ0) is 25.8. The first-order valence-corrected chi connectivity index (χ1v) is 12.3. The third-order valence-corrected chi connectivity index (χ3v) is 7.31. The average molecular weight is 498 g/mol. The molecule has 0 fully saturated rings. The minimum absolute atomic E-state index is 0.110. The van der Waals surface area contributed by atoms with E-state index in [2.05, 4.69) is 5.32 Å². The highest BCUT2D eigenvalue weighted by atomic mass is 32.2. The van der Waals surface area contributed by atoms with Crippen molar-refractivity contribution in [3.63, 3.8) is 0 Å². The molecular weight excluding hydrogens is 469 g/mol. The summed E-state index contributed by atoms with van der Waals surface area (Å²) in [5.41, 5.74) is 2.76. The first kappa shape index (κ1) is 26.1. The van der Waals surface area contributed by atoms with Crippen molar-refractivity contribution < 1.29 is 22.4 Å². The van der Waals surface area contributed by atoms with Gasteiger partial charge in [-0.3, -0.25) is 9.59 Å². The van der Waals surface area contributed by atoms with Crippen molar-refractivity contribution in [1.82, 2.24) is 9.21 Å². The third kappa shape index (κ3) is 6.52. The van der Waals surface area contributed by atoms with Gasteiger partial charge in [0, 0.05) is 31.9 Å². The zero-order valence-corrected chi connectivity index (χ0v) is 20.9. The zero-order valence-electron chi connectivity index (χ0n) is 20.1. The normalized spacial score (nSPS) is 11.4. The van der Waals surface area contributed by atoms with E-state index in [-0.39, 0.29) is 17.3 Å². The molecule has 0 heterocycles. The topological polar surface area (TPSA) is 86.8 Å². The van der Waals surface area contributed by atoms with Crippen LogP contribution in [0.15, 0.2) is 71.6 Å². The van der Waals surface area contributed by atoms with Gasteiger partial charge in [0.2, 0.25) is 15.9 Å². The molecule has 9 heteroatoms. The Morgan fingerprint density at radius 2 is 1.54 bits per heavy atom. The van der Waals surface area contributed by atoms with Crippen LogP contribution >= 0.6 is 0 Å². The summed E-state index contributed by atoms with van der Waals surface area (Å²) in [4.78, 5) is 26.5. The maximum atomic E-state index is 13.6. The van der Waals surface area contributed by atoms with Crippen molar-refractivity contribution in [3.05, 3.63) is 94.8 Å². The van der Waals surface area contributed by atoms with E-state index in [4.69, 9.17) is 0 Å². The third-order valence-electron chi connectivity index (χ3n) is 5.38. The van der Waals surface area contributed by atoms with Crippen molar-refractivity contribution in [1.29, 1.82) is 0 Å². The SMILES string of the molecule is Cc1ccc(C)c(S(=O)(=O)N(CC(=O)Nc2ccc(C(=O)N(C)C)cc2)Cc2ccc(F)cc2)c1. The summed E-state index contributed by atoms with van der Waals surface area (Å²) in [6, 6.07) is 16.9. The minimum atomic E-state index is -4.05. The predicted molar refractivity (Wildman–Crippen MR) is 133 cm³/mol. The van der Waals surface area contributed by atoms with Crippen LogP contribution in [0.3, 0.4) is 0 Å². The van der Waals surface area contributed by atoms with Gasteiger partial charge < -0.3 is 10.2 Å². The van der Waals surface area contributed by atoms with Crippen LogP contribution in [-0.4, -0.2) is 50.1 Å². The number of amides is 2. The van der Waals surface area contributed by atoms with Crippen LogP contribution in [0.2, 0.25) is 0 Å². The number of sulfonamides is 1. The van der Waals surface area contributed by atoms with Crippen LogP contribution < -0.4 is 5.32 Å². The van der Waals surface area contributed by atoms with Gasteiger partial charge >= 0.3 is 0 Å². The molecular formula is C26H28FN3O4S. The summed E-state index contributed by atoms with van der Waals surface area (Å²) >= 11 is 0. The van der Waals surface area contributed by atoms with E-state index in [1.165, 1.54) is 29.2 Å². The van der Waals surface area contributed by atoms with E-state index in [9.17, 15) is 22.4 Å². The highest BCUT2D eigenvalue weighted by Crippen LogP contribution is 2.23. The van der Waals surface area contributed by atoms with Gasteiger partial charge in [-0.25, -0.2) is 12.8 Å². The Balaban J connectivity index is 1.86. The van der Waals surface area contributed by atoms with E-state index in [0.29, 0.717) is 22.4 Å². The molecule has 0 radical (unpaired) electrons. The van der Waals surface area contributed by atoms with E-state index in [1.807, 2.05) is 6.07 Å². The highest BCUT2D eigenvalue weighted by molar-refractivity contribution is 7.89. The molecule has 0 spiro atoms. The number of nitrogens with zero attached hydrogens (tertiary/aromatic N) is 2. The lowest BCUT2D eigenvalue weighted by Crippen LogP contribution is -2.38. The summed E-state index contributed by atoms with van der Waals surface area (Å²) in [6.07, 6.45) is 0. The largest absolute Gasteiger partial charge is 0.345 e. The Morgan fingerprint density at radius 1 is 0.914 bits per heavy atom. The Morgan fingerprint density at radius 3 is 2.14 bits per heavy atom. The van der Waals surface area contributed by atoms with Crippen LogP contribution in [0.1, 0.15) is 27.0 Å². The molecule has 3 rings (SSSR count). The Kier molecular flexibility index (Phi) is 8.03. The molecule has 0 aliphatic carbocycles. The Labute approximate surface area is 205 Å². The molecule has 0 aliphatic rings. The fourth-order valence-electron chi connectivity index (χ4n) is 3.46. The molecule has 0 atom stereocenters. The Bertz CT molecular complexity index is 1320. The molecule has 184 valence electrons. The van der Waals surface area contributed by atoms with E-state index in [0.717, 1.165) is 9.87 Å². The standard InChI is InChI=1S/C26H28FN3O4S/c1-18-5-6-19(2)24(15-18)35(33,34)30(16-20-7-11-22(27)12-8-20)17-25(31)28-23-13-9-21(10-14-23)26(32)29(3)4/h5-15H,16-17H2,1-4H3,(H,28,31). The molecule has 3 aromatic carbocycles. The van der Waals surface area contributed by atoms with Gasteiger partial charge in [0.05, 0.1) is 11.4 Å². The average Bonchev–Trinajstić information content (AvgIpc) is 2.81. The van der Waals surface area contributed by atoms with E-state index >= 15 is 0 Å². The maximum Gasteiger partial charge on any atom is 0.253 e. The fourth-order valence-corrected chi connectivity index (χ4v) is 5.15. The van der Waals surface area contributed by atoms with Gasteiger partial charge in [-0.1, -0.05) is 24.3 Å². The van der Waals surface area contributed by atoms with Gasteiger partial charge in [-0.2, -0.15) is 4.31 Å². The van der Waals surface area contributed by atoms with Crippen LogP contribution in [0, 0.1) is 19.7 Å². The quantitative estimate of drug-likeness (QED) is 0.510. The molecule has 0 saturated heterocycles. The van der Waals surface area contributed by atoms with Crippen molar-refractivity contribution in [2.75, 3.05) is 26.0 Å². The van der Waals surface area contributed by atoms with E-state index in [1.54, 1.807) is 64.3 Å². The van der Waals surface area contributed by atoms with Crippen LogP contribution in [0.4, 0.5) is 10.1 Å². The second kappa shape index (κ2) is 10.8. The number of halogens is 1. The molecule has 0 aliphatic heterocycles. The van der Waals surface area contributed by atoms with Gasteiger partial charge in [-0.05, 0) is 73.0 Å².